The number of benzene rings is 3. The Morgan fingerprint density at radius 1 is 0.826 bits per heavy atom. The van der Waals surface area contributed by atoms with Gasteiger partial charge in [-0.3, -0.25) is 4.98 Å². The van der Waals surface area contributed by atoms with Crippen molar-refractivity contribution < 1.29 is 0 Å². The van der Waals surface area contributed by atoms with Crippen molar-refractivity contribution in [1.82, 2.24) is 4.98 Å². The van der Waals surface area contributed by atoms with Crippen molar-refractivity contribution in [2.24, 2.45) is 0 Å². The highest BCUT2D eigenvalue weighted by molar-refractivity contribution is 6.32. The van der Waals surface area contributed by atoms with Crippen LogP contribution in [0.2, 0.25) is 5.02 Å². The lowest BCUT2D eigenvalue weighted by Crippen LogP contribution is -1.89. The van der Waals surface area contributed by atoms with Gasteiger partial charge in [-0.2, -0.15) is 0 Å². The largest absolute Gasteiger partial charge is 0.256 e. The predicted molar refractivity (Wildman–Crippen MR) is 99.2 cm³/mol. The number of aryl methyl sites for hydroxylation is 2. The SMILES string of the molecule is Cc1cc(-c2cccc3ccc4cccnc4c23)cc(C)c1Cl. The number of aromatic nitrogens is 1. The minimum absolute atomic E-state index is 0.844. The van der Waals surface area contributed by atoms with Crippen LogP contribution in [0.15, 0.2) is 60.8 Å². The summed E-state index contributed by atoms with van der Waals surface area (Å²) < 4.78 is 0. The maximum absolute atomic E-state index is 6.34. The Labute approximate surface area is 140 Å². The fourth-order valence-electron chi connectivity index (χ4n) is 3.26. The van der Waals surface area contributed by atoms with Gasteiger partial charge in [0.25, 0.3) is 0 Å². The molecule has 0 aliphatic carbocycles. The lowest BCUT2D eigenvalue weighted by molar-refractivity contribution is 1.38. The number of pyridine rings is 1. The summed E-state index contributed by atoms with van der Waals surface area (Å²) in [6.45, 7) is 4.11. The average molecular weight is 318 g/mol. The Kier molecular flexibility index (Phi) is 3.32. The summed E-state index contributed by atoms with van der Waals surface area (Å²) in [4.78, 5) is 4.63. The van der Waals surface area contributed by atoms with Crippen LogP contribution in [0.25, 0.3) is 32.8 Å². The minimum atomic E-state index is 0.844. The molecule has 0 radical (unpaired) electrons. The molecule has 0 saturated carbocycles. The fourth-order valence-corrected chi connectivity index (χ4v) is 3.37. The predicted octanol–water partition coefficient (Wildman–Crippen LogP) is 6.33. The second kappa shape index (κ2) is 5.36. The maximum Gasteiger partial charge on any atom is 0.0786 e. The zero-order chi connectivity index (χ0) is 16.0. The van der Waals surface area contributed by atoms with E-state index in [1.165, 1.54) is 21.9 Å². The van der Waals surface area contributed by atoms with Crippen molar-refractivity contribution in [1.29, 1.82) is 0 Å². The van der Waals surface area contributed by atoms with Gasteiger partial charge in [0.2, 0.25) is 0 Å². The Bertz CT molecular complexity index is 1030. The van der Waals surface area contributed by atoms with E-state index in [1.54, 1.807) is 0 Å². The van der Waals surface area contributed by atoms with E-state index in [-0.39, 0.29) is 0 Å². The lowest BCUT2D eigenvalue weighted by Gasteiger charge is -2.12. The molecule has 2 heteroatoms. The Morgan fingerprint density at radius 2 is 1.52 bits per heavy atom. The molecule has 0 bridgehead atoms. The van der Waals surface area contributed by atoms with Crippen molar-refractivity contribution in [3.63, 3.8) is 0 Å². The van der Waals surface area contributed by atoms with Gasteiger partial charge >= 0.3 is 0 Å². The molecule has 0 spiro atoms. The molecule has 4 aromatic rings. The van der Waals surface area contributed by atoms with Crippen molar-refractivity contribution >= 4 is 33.3 Å². The number of rotatable bonds is 1. The van der Waals surface area contributed by atoms with E-state index in [1.807, 2.05) is 12.3 Å². The third-order valence-electron chi connectivity index (χ3n) is 4.36. The summed E-state index contributed by atoms with van der Waals surface area (Å²) in [5.74, 6) is 0. The summed E-state index contributed by atoms with van der Waals surface area (Å²) in [5.41, 5.74) is 5.65. The number of nitrogens with zero attached hydrogens (tertiary/aromatic N) is 1. The normalized spacial score (nSPS) is 11.3. The quantitative estimate of drug-likeness (QED) is 0.374. The Balaban J connectivity index is 2.13. The van der Waals surface area contributed by atoms with Gasteiger partial charge in [0.05, 0.1) is 5.52 Å². The third kappa shape index (κ3) is 2.29. The molecule has 23 heavy (non-hydrogen) atoms. The standard InChI is InChI=1S/C21H16ClN/c1-13-11-17(12-14(2)20(13)22)18-7-3-5-15-8-9-16-6-4-10-23-21(16)19(15)18/h3-12H,1-2H3. The van der Waals surface area contributed by atoms with Gasteiger partial charge in [-0.05, 0) is 59.7 Å². The van der Waals surface area contributed by atoms with E-state index < -0.39 is 0 Å². The van der Waals surface area contributed by atoms with Crippen molar-refractivity contribution in [2.45, 2.75) is 13.8 Å². The molecule has 0 saturated heterocycles. The van der Waals surface area contributed by atoms with Crippen LogP contribution in [-0.2, 0) is 0 Å². The van der Waals surface area contributed by atoms with Crippen LogP contribution in [0.4, 0.5) is 0 Å². The van der Waals surface area contributed by atoms with Crippen LogP contribution >= 0.6 is 11.6 Å². The molecule has 4 rings (SSSR count). The highest BCUT2D eigenvalue weighted by Gasteiger charge is 2.10. The second-order valence-corrected chi connectivity index (χ2v) is 6.35. The van der Waals surface area contributed by atoms with Gasteiger partial charge < -0.3 is 0 Å². The first-order chi connectivity index (χ1) is 11.1. The topological polar surface area (TPSA) is 12.9 Å². The number of halogens is 1. The van der Waals surface area contributed by atoms with Gasteiger partial charge in [0, 0.05) is 22.0 Å². The molecule has 0 fully saturated rings. The molecule has 112 valence electrons. The average Bonchev–Trinajstić information content (AvgIpc) is 2.58. The van der Waals surface area contributed by atoms with E-state index in [0.29, 0.717) is 0 Å². The van der Waals surface area contributed by atoms with E-state index in [9.17, 15) is 0 Å². The first-order valence-corrected chi connectivity index (χ1v) is 8.06. The van der Waals surface area contributed by atoms with Crippen LogP contribution in [0.3, 0.4) is 0 Å². The zero-order valence-electron chi connectivity index (χ0n) is 13.1. The summed E-state index contributed by atoms with van der Waals surface area (Å²) in [6.07, 6.45) is 1.86. The molecule has 1 aromatic heterocycles. The molecule has 0 amide bonds. The molecular weight excluding hydrogens is 302 g/mol. The van der Waals surface area contributed by atoms with Crippen LogP contribution in [0, 0.1) is 13.8 Å². The summed E-state index contributed by atoms with van der Waals surface area (Å²) >= 11 is 6.34. The summed E-state index contributed by atoms with van der Waals surface area (Å²) in [5, 5.41) is 4.41. The van der Waals surface area contributed by atoms with Crippen LogP contribution in [-0.4, -0.2) is 4.98 Å². The molecule has 0 aliphatic rings. The molecule has 1 heterocycles. The van der Waals surface area contributed by atoms with Crippen molar-refractivity contribution in [3.05, 3.63) is 76.9 Å². The van der Waals surface area contributed by atoms with E-state index in [4.69, 9.17) is 11.6 Å². The van der Waals surface area contributed by atoms with E-state index >= 15 is 0 Å². The van der Waals surface area contributed by atoms with Crippen LogP contribution < -0.4 is 0 Å². The highest BCUT2D eigenvalue weighted by Crippen LogP contribution is 2.35. The fraction of sp³-hybridized carbons (Fsp3) is 0.0952. The summed E-state index contributed by atoms with van der Waals surface area (Å²) in [6, 6.07) is 19.1. The maximum atomic E-state index is 6.34. The van der Waals surface area contributed by atoms with Gasteiger partial charge in [-0.1, -0.05) is 48.0 Å². The van der Waals surface area contributed by atoms with Crippen LogP contribution in [0.5, 0.6) is 0 Å². The molecule has 0 unspecified atom stereocenters. The molecule has 0 N–H and O–H groups in total. The van der Waals surface area contributed by atoms with Gasteiger partial charge in [0.1, 0.15) is 0 Å². The van der Waals surface area contributed by atoms with Crippen LogP contribution in [0.1, 0.15) is 11.1 Å². The first kappa shape index (κ1) is 14.2. The molecule has 1 nitrogen and oxygen atoms in total. The molecule has 0 atom stereocenters. The van der Waals surface area contributed by atoms with Gasteiger partial charge in [-0.15, -0.1) is 0 Å². The first-order valence-electron chi connectivity index (χ1n) is 7.69. The number of fused-ring (bicyclic) bond motifs is 3. The number of hydrogen-bond donors (Lipinski definition) is 0. The molecular formula is C21H16ClN. The number of hydrogen-bond acceptors (Lipinski definition) is 1. The van der Waals surface area contributed by atoms with Gasteiger partial charge in [-0.25, -0.2) is 0 Å². The monoisotopic (exact) mass is 317 g/mol. The van der Waals surface area contributed by atoms with E-state index in [0.717, 1.165) is 27.1 Å². The Hall–Kier alpha value is -2.38. The van der Waals surface area contributed by atoms with Gasteiger partial charge in [0.15, 0.2) is 0 Å². The Morgan fingerprint density at radius 3 is 2.30 bits per heavy atom. The lowest BCUT2D eigenvalue weighted by atomic mass is 9.94. The highest BCUT2D eigenvalue weighted by atomic mass is 35.5. The van der Waals surface area contributed by atoms with E-state index in [2.05, 4.69) is 67.4 Å². The third-order valence-corrected chi connectivity index (χ3v) is 4.96. The van der Waals surface area contributed by atoms with Crippen molar-refractivity contribution in [3.8, 4) is 11.1 Å². The smallest absolute Gasteiger partial charge is 0.0786 e. The zero-order valence-corrected chi connectivity index (χ0v) is 13.9. The van der Waals surface area contributed by atoms with Crippen molar-refractivity contribution in [2.75, 3.05) is 0 Å². The minimum Gasteiger partial charge on any atom is -0.256 e. The summed E-state index contributed by atoms with van der Waals surface area (Å²) in [7, 11) is 0. The molecule has 0 aliphatic heterocycles. The molecule has 3 aromatic carbocycles. The second-order valence-electron chi connectivity index (χ2n) is 5.97.